The van der Waals surface area contributed by atoms with Gasteiger partial charge in [0.05, 0.1) is 5.69 Å². The number of anilines is 1. The van der Waals surface area contributed by atoms with E-state index in [1.165, 1.54) is 34.6 Å². The smallest absolute Gasteiger partial charge is 0.265 e. The van der Waals surface area contributed by atoms with E-state index in [9.17, 15) is 12.8 Å². The van der Waals surface area contributed by atoms with Gasteiger partial charge in [0, 0.05) is 11.0 Å². The summed E-state index contributed by atoms with van der Waals surface area (Å²) < 4.78 is 40.0. The third-order valence-electron chi connectivity index (χ3n) is 2.81. The van der Waals surface area contributed by atoms with Crippen molar-refractivity contribution in [3.05, 3.63) is 58.8 Å². The molecule has 0 amide bonds. The van der Waals surface area contributed by atoms with E-state index in [2.05, 4.69) is 15.9 Å². The van der Waals surface area contributed by atoms with Crippen LogP contribution in [-0.4, -0.2) is 15.0 Å². The zero-order chi connectivity index (χ0) is 14.8. The van der Waals surface area contributed by atoms with Crippen LogP contribution >= 0.6 is 15.9 Å². The van der Waals surface area contributed by atoms with Crippen LogP contribution in [0.5, 0.6) is 0 Å². The standard InChI is InChI=1S/C14H13BrFNO2S/c1-2-17(12-9-7-11(16)8-10-12)20(18,19)14-6-4-3-5-13(14)15/h3-10H,2H2,1H3. The lowest BCUT2D eigenvalue weighted by molar-refractivity contribution is 0.591. The quantitative estimate of drug-likeness (QED) is 0.834. The van der Waals surface area contributed by atoms with Gasteiger partial charge in [-0.15, -0.1) is 0 Å². The molecule has 0 saturated carbocycles. The van der Waals surface area contributed by atoms with Gasteiger partial charge in [0.2, 0.25) is 0 Å². The molecule has 0 N–H and O–H groups in total. The van der Waals surface area contributed by atoms with Gasteiger partial charge in [0.1, 0.15) is 10.7 Å². The van der Waals surface area contributed by atoms with E-state index in [-0.39, 0.29) is 11.4 Å². The summed E-state index contributed by atoms with van der Waals surface area (Å²) in [7, 11) is -3.68. The maximum Gasteiger partial charge on any atom is 0.265 e. The summed E-state index contributed by atoms with van der Waals surface area (Å²) in [5.74, 6) is -0.400. The Hall–Kier alpha value is -1.40. The molecule has 20 heavy (non-hydrogen) atoms. The van der Waals surface area contributed by atoms with Gasteiger partial charge in [-0.25, -0.2) is 12.8 Å². The zero-order valence-electron chi connectivity index (χ0n) is 10.8. The SMILES string of the molecule is CCN(c1ccc(F)cc1)S(=O)(=O)c1ccccc1Br. The summed E-state index contributed by atoms with van der Waals surface area (Å²) in [5, 5.41) is 0. The molecule has 6 heteroatoms. The van der Waals surface area contributed by atoms with Crippen molar-refractivity contribution in [2.24, 2.45) is 0 Å². The molecule has 0 unspecified atom stereocenters. The van der Waals surface area contributed by atoms with Crippen molar-refractivity contribution in [2.45, 2.75) is 11.8 Å². The number of rotatable bonds is 4. The normalized spacial score (nSPS) is 11.3. The Morgan fingerprint density at radius 2 is 1.70 bits per heavy atom. The van der Waals surface area contributed by atoms with E-state index in [0.29, 0.717) is 10.2 Å². The fraction of sp³-hybridized carbons (Fsp3) is 0.143. The van der Waals surface area contributed by atoms with Crippen molar-refractivity contribution < 1.29 is 12.8 Å². The molecular weight excluding hydrogens is 345 g/mol. The first-order valence-corrected chi connectivity index (χ1v) is 8.23. The second-order valence-electron chi connectivity index (χ2n) is 4.08. The minimum Gasteiger partial charge on any atom is -0.267 e. The van der Waals surface area contributed by atoms with Crippen molar-refractivity contribution in [3.63, 3.8) is 0 Å². The molecule has 0 saturated heterocycles. The highest BCUT2D eigenvalue weighted by atomic mass is 79.9. The molecule has 0 heterocycles. The molecule has 0 radical (unpaired) electrons. The van der Waals surface area contributed by atoms with Gasteiger partial charge in [-0.1, -0.05) is 12.1 Å². The number of halogens is 2. The molecular formula is C14H13BrFNO2S. The minimum atomic E-state index is -3.68. The van der Waals surface area contributed by atoms with E-state index < -0.39 is 15.8 Å². The van der Waals surface area contributed by atoms with E-state index in [0.717, 1.165) is 0 Å². The first-order valence-electron chi connectivity index (χ1n) is 5.99. The van der Waals surface area contributed by atoms with Gasteiger partial charge in [0.15, 0.2) is 0 Å². The van der Waals surface area contributed by atoms with Gasteiger partial charge < -0.3 is 0 Å². The molecule has 0 aliphatic carbocycles. The first kappa shape index (κ1) is 15.0. The molecule has 106 valence electrons. The molecule has 0 aliphatic heterocycles. The highest BCUT2D eigenvalue weighted by Gasteiger charge is 2.25. The fourth-order valence-electron chi connectivity index (χ4n) is 1.87. The monoisotopic (exact) mass is 357 g/mol. The number of nitrogens with zero attached hydrogens (tertiary/aromatic N) is 1. The largest absolute Gasteiger partial charge is 0.267 e. The van der Waals surface area contributed by atoms with Gasteiger partial charge in [-0.2, -0.15) is 0 Å². The lowest BCUT2D eigenvalue weighted by Gasteiger charge is -2.23. The highest BCUT2D eigenvalue weighted by Crippen LogP contribution is 2.28. The lowest BCUT2D eigenvalue weighted by atomic mass is 10.3. The number of sulfonamides is 1. The van der Waals surface area contributed by atoms with E-state index >= 15 is 0 Å². The van der Waals surface area contributed by atoms with Crippen molar-refractivity contribution in [1.82, 2.24) is 0 Å². The van der Waals surface area contributed by atoms with Gasteiger partial charge >= 0.3 is 0 Å². The first-order chi connectivity index (χ1) is 9.46. The topological polar surface area (TPSA) is 37.4 Å². The maximum atomic E-state index is 13.0. The van der Waals surface area contributed by atoms with E-state index in [1.54, 1.807) is 25.1 Å². The molecule has 0 aromatic heterocycles. The number of hydrogen-bond donors (Lipinski definition) is 0. The van der Waals surface area contributed by atoms with Crippen molar-refractivity contribution in [1.29, 1.82) is 0 Å². The van der Waals surface area contributed by atoms with Crippen LogP contribution in [0.4, 0.5) is 10.1 Å². The van der Waals surface area contributed by atoms with Crippen molar-refractivity contribution >= 4 is 31.6 Å². The molecule has 2 aromatic rings. The Morgan fingerprint density at radius 1 is 1.10 bits per heavy atom. The van der Waals surface area contributed by atoms with Crippen LogP contribution in [-0.2, 0) is 10.0 Å². The average Bonchev–Trinajstić information content (AvgIpc) is 2.42. The minimum absolute atomic E-state index is 0.186. The lowest BCUT2D eigenvalue weighted by Crippen LogP contribution is -2.31. The van der Waals surface area contributed by atoms with E-state index in [1.807, 2.05) is 0 Å². The van der Waals surface area contributed by atoms with Crippen LogP contribution in [0.25, 0.3) is 0 Å². The summed E-state index contributed by atoms with van der Waals surface area (Å²) in [4.78, 5) is 0.186. The van der Waals surface area contributed by atoms with Crippen molar-refractivity contribution in [2.75, 3.05) is 10.8 Å². The Kier molecular flexibility index (Phi) is 4.45. The number of hydrogen-bond acceptors (Lipinski definition) is 2. The van der Waals surface area contributed by atoms with Gasteiger partial charge in [-0.3, -0.25) is 4.31 Å². The summed E-state index contributed by atoms with van der Waals surface area (Å²) in [6, 6.07) is 12.0. The third kappa shape index (κ3) is 2.86. The van der Waals surface area contributed by atoms with Crippen LogP contribution in [0.2, 0.25) is 0 Å². The molecule has 0 atom stereocenters. The summed E-state index contributed by atoms with van der Waals surface area (Å²) in [5.41, 5.74) is 0.435. The Bertz CT molecular complexity index is 701. The summed E-state index contributed by atoms with van der Waals surface area (Å²) >= 11 is 3.25. The molecule has 0 bridgehead atoms. The maximum absolute atomic E-state index is 13.0. The van der Waals surface area contributed by atoms with Gasteiger partial charge in [0.25, 0.3) is 10.0 Å². The predicted octanol–water partition coefficient (Wildman–Crippen LogP) is 3.80. The molecule has 2 rings (SSSR count). The number of benzene rings is 2. The van der Waals surface area contributed by atoms with Crippen LogP contribution in [0, 0.1) is 5.82 Å². The van der Waals surface area contributed by atoms with Crippen LogP contribution in [0.1, 0.15) is 6.92 Å². The second-order valence-corrected chi connectivity index (χ2v) is 6.76. The van der Waals surface area contributed by atoms with Crippen LogP contribution in [0.15, 0.2) is 57.9 Å². The Labute approximate surface area is 126 Å². The summed E-state index contributed by atoms with van der Waals surface area (Å²) in [6.07, 6.45) is 0. The Morgan fingerprint density at radius 3 is 2.25 bits per heavy atom. The molecule has 0 aliphatic rings. The molecule has 3 nitrogen and oxygen atoms in total. The third-order valence-corrected chi connectivity index (χ3v) is 5.72. The Balaban J connectivity index is 2.51. The highest BCUT2D eigenvalue weighted by molar-refractivity contribution is 9.10. The van der Waals surface area contributed by atoms with Crippen LogP contribution in [0.3, 0.4) is 0 Å². The van der Waals surface area contributed by atoms with E-state index in [4.69, 9.17) is 0 Å². The zero-order valence-corrected chi connectivity index (χ0v) is 13.2. The molecule has 2 aromatic carbocycles. The molecule has 0 spiro atoms. The van der Waals surface area contributed by atoms with Gasteiger partial charge in [-0.05, 0) is 59.3 Å². The average molecular weight is 358 g/mol. The fourth-order valence-corrected chi connectivity index (χ4v) is 4.31. The second kappa shape index (κ2) is 5.93. The predicted molar refractivity (Wildman–Crippen MR) is 80.7 cm³/mol. The van der Waals surface area contributed by atoms with Crippen molar-refractivity contribution in [3.8, 4) is 0 Å². The summed E-state index contributed by atoms with van der Waals surface area (Å²) in [6.45, 7) is 1.99. The molecule has 0 fully saturated rings. The van der Waals surface area contributed by atoms with Crippen LogP contribution < -0.4 is 4.31 Å².